The van der Waals surface area contributed by atoms with E-state index in [1.807, 2.05) is 0 Å². The number of carbonyl (C=O) groups excluding carboxylic acids is 2. The van der Waals surface area contributed by atoms with Crippen molar-refractivity contribution in [2.45, 2.75) is 33.3 Å². The standard InChI is InChI=1S/C11H23N3O3/c1-4-6-12-7-8-17-9(3)10(15)14-11(16)13-5-2/h9,12H,4-8H2,1-3H3,(H2,13,14,15,16). The average molecular weight is 245 g/mol. The minimum absolute atomic E-state index is 0.425. The highest BCUT2D eigenvalue weighted by atomic mass is 16.5. The topological polar surface area (TPSA) is 79.5 Å². The Morgan fingerprint density at radius 1 is 1.24 bits per heavy atom. The van der Waals surface area contributed by atoms with E-state index in [0.717, 1.165) is 13.0 Å². The van der Waals surface area contributed by atoms with Gasteiger partial charge in [-0.25, -0.2) is 4.79 Å². The van der Waals surface area contributed by atoms with Crippen LogP contribution in [0.25, 0.3) is 0 Å². The van der Waals surface area contributed by atoms with Crippen LogP contribution in [-0.4, -0.2) is 44.3 Å². The Morgan fingerprint density at radius 2 is 1.94 bits per heavy atom. The lowest BCUT2D eigenvalue weighted by atomic mass is 10.4. The van der Waals surface area contributed by atoms with E-state index in [1.165, 1.54) is 0 Å². The van der Waals surface area contributed by atoms with Gasteiger partial charge in [0.2, 0.25) is 0 Å². The third-order valence-corrected chi connectivity index (χ3v) is 2.02. The summed E-state index contributed by atoms with van der Waals surface area (Å²) in [5.74, 6) is -0.425. The second-order valence-corrected chi connectivity index (χ2v) is 3.61. The lowest BCUT2D eigenvalue weighted by Gasteiger charge is -2.13. The maximum absolute atomic E-state index is 11.4. The smallest absolute Gasteiger partial charge is 0.321 e. The molecule has 0 aliphatic heterocycles. The maximum atomic E-state index is 11.4. The van der Waals surface area contributed by atoms with Crippen LogP contribution in [0.4, 0.5) is 4.79 Å². The Labute approximate surface area is 102 Å². The first-order chi connectivity index (χ1) is 8.11. The Morgan fingerprint density at radius 3 is 2.53 bits per heavy atom. The van der Waals surface area contributed by atoms with Crippen molar-refractivity contribution < 1.29 is 14.3 Å². The molecule has 0 aliphatic rings. The molecule has 6 heteroatoms. The van der Waals surface area contributed by atoms with E-state index in [2.05, 4.69) is 22.9 Å². The van der Waals surface area contributed by atoms with Gasteiger partial charge in [0, 0.05) is 13.1 Å². The van der Waals surface area contributed by atoms with Gasteiger partial charge in [0.05, 0.1) is 6.61 Å². The van der Waals surface area contributed by atoms with Gasteiger partial charge in [-0.1, -0.05) is 6.92 Å². The quantitative estimate of drug-likeness (QED) is 0.535. The number of carbonyl (C=O) groups is 2. The first-order valence-corrected chi connectivity index (χ1v) is 6.02. The van der Waals surface area contributed by atoms with E-state index >= 15 is 0 Å². The molecule has 0 aromatic carbocycles. The zero-order valence-corrected chi connectivity index (χ0v) is 10.8. The van der Waals surface area contributed by atoms with E-state index in [-0.39, 0.29) is 0 Å². The monoisotopic (exact) mass is 245 g/mol. The van der Waals surface area contributed by atoms with Crippen LogP contribution < -0.4 is 16.0 Å². The molecule has 6 nitrogen and oxygen atoms in total. The predicted octanol–water partition coefficient (Wildman–Crippen LogP) is 0.237. The third-order valence-electron chi connectivity index (χ3n) is 2.02. The van der Waals surface area contributed by atoms with Crippen molar-refractivity contribution in [3.8, 4) is 0 Å². The van der Waals surface area contributed by atoms with Crippen LogP contribution in [-0.2, 0) is 9.53 Å². The maximum Gasteiger partial charge on any atom is 0.321 e. The minimum atomic E-state index is -0.624. The summed E-state index contributed by atoms with van der Waals surface area (Å²) >= 11 is 0. The van der Waals surface area contributed by atoms with Crippen molar-refractivity contribution >= 4 is 11.9 Å². The van der Waals surface area contributed by atoms with Crippen molar-refractivity contribution in [3.05, 3.63) is 0 Å². The van der Waals surface area contributed by atoms with Crippen LogP contribution in [0.5, 0.6) is 0 Å². The molecule has 0 saturated heterocycles. The number of rotatable bonds is 8. The summed E-state index contributed by atoms with van der Waals surface area (Å²) in [5.41, 5.74) is 0. The zero-order chi connectivity index (χ0) is 13.1. The predicted molar refractivity (Wildman–Crippen MR) is 65.8 cm³/mol. The van der Waals surface area contributed by atoms with E-state index in [1.54, 1.807) is 13.8 Å². The first-order valence-electron chi connectivity index (χ1n) is 6.02. The summed E-state index contributed by atoms with van der Waals surface area (Å²) in [6.07, 6.45) is 0.439. The van der Waals surface area contributed by atoms with Crippen LogP contribution in [0.1, 0.15) is 27.2 Å². The summed E-state index contributed by atoms with van der Waals surface area (Å²) in [6, 6.07) is -0.489. The van der Waals surface area contributed by atoms with Gasteiger partial charge in [0.25, 0.3) is 5.91 Å². The van der Waals surface area contributed by atoms with Gasteiger partial charge in [0.1, 0.15) is 6.10 Å². The van der Waals surface area contributed by atoms with Crippen LogP contribution >= 0.6 is 0 Å². The van der Waals surface area contributed by atoms with E-state index in [0.29, 0.717) is 19.7 Å². The number of nitrogens with one attached hydrogen (secondary N) is 3. The lowest BCUT2D eigenvalue weighted by molar-refractivity contribution is -0.130. The fourth-order valence-corrected chi connectivity index (χ4v) is 1.10. The Kier molecular flexibility index (Phi) is 9.37. The molecule has 0 spiro atoms. The van der Waals surface area contributed by atoms with Crippen molar-refractivity contribution in [2.75, 3.05) is 26.2 Å². The molecule has 0 fully saturated rings. The van der Waals surface area contributed by atoms with E-state index in [4.69, 9.17) is 4.74 Å². The highest BCUT2D eigenvalue weighted by molar-refractivity contribution is 5.96. The van der Waals surface area contributed by atoms with Crippen molar-refractivity contribution in [2.24, 2.45) is 0 Å². The van der Waals surface area contributed by atoms with Crippen LogP contribution in [0.3, 0.4) is 0 Å². The van der Waals surface area contributed by atoms with Gasteiger partial charge in [-0.15, -0.1) is 0 Å². The SMILES string of the molecule is CCCNCCOC(C)C(=O)NC(=O)NCC. The molecule has 3 amide bonds. The molecule has 1 unspecified atom stereocenters. The number of amides is 3. The summed E-state index contributed by atoms with van der Waals surface area (Å²) < 4.78 is 5.27. The summed E-state index contributed by atoms with van der Waals surface area (Å²) in [4.78, 5) is 22.5. The Balaban J connectivity index is 3.63. The lowest BCUT2D eigenvalue weighted by Crippen LogP contribution is -2.44. The molecule has 0 heterocycles. The van der Waals surface area contributed by atoms with E-state index < -0.39 is 18.0 Å². The number of ether oxygens (including phenoxy) is 1. The molecule has 100 valence electrons. The number of hydrogen-bond donors (Lipinski definition) is 3. The van der Waals surface area contributed by atoms with Gasteiger partial charge in [-0.2, -0.15) is 0 Å². The summed E-state index contributed by atoms with van der Waals surface area (Å²) in [6.45, 7) is 8.04. The average Bonchev–Trinajstić information content (AvgIpc) is 2.28. The van der Waals surface area contributed by atoms with Crippen molar-refractivity contribution in [1.82, 2.24) is 16.0 Å². The number of urea groups is 1. The van der Waals surface area contributed by atoms with Crippen LogP contribution in [0, 0.1) is 0 Å². The highest BCUT2D eigenvalue weighted by Crippen LogP contribution is 1.90. The molecule has 1 atom stereocenters. The molecular weight excluding hydrogens is 222 g/mol. The molecule has 0 aromatic heterocycles. The van der Waals surface area contributed by atoms with Gasteiger partial charge in [-0.3, -0.25) is 10.1 Å². The van der Waals surface area contributed by atoms with Gasteiger partial charge in [0.15, 0.2) is 0 Å². The van der Waals surface area contributed by atoms with Crippen LogP contribution in [0.15, 0.2) is 0 Å². The molecule has 0 bridgehead atoms. The fraction of sp³-hybridized carbons (Fsp3) is 0.818. The molecule has 0 saturated carbocycles. The minimum Gasteiger partial charge on any atom is -0.367 e. The van der Waals surface area contributed by atoms with Gasteiger partial charge >= 0.3 is 6.03 Å². The molecule has 0 radical (unpaired) electrons. The van der Waals surface area contributed by atoms with Gasteiger partial charge in [-0.05, 0) is 26.8 Å². The largest absolute Gasteiger partial charge is 0.367 e. The summed E-state index contributed by atoms with van der Waals surface area (Å²) in [7, 11) is 0. The molecule has 0 rings (SSSR count). The Hall–Kier alpha value is -1.14. The van der Waals surface area contributed by atoms with E-state index in [9.17, 15) is 9.59 Å². The van der Waals surface area contributed by atoms with Crippen molar-refractivity contribution in [3.63, 3.8) is 0 Å². The first kappa shape index (κ1) is 15.9. The van der Waals surface area contributed by atoms with Crippen LogP contribution in [0.2, 0.25) is 0 Å². The van der Waals surface area contributed by atoms with Gasteiger partial charge < -0.3 is 15.4 Å². The molecular formula is C11H23N3O3. The normalized spacial score (nSPS) is 11.9. The highest BCUT2D eigenvalue weighted by Gasteiger charge is 2.15. The zero-order valence-electron chi connectivity index (χ0n) is 10.8. The molecule has 0 aliphatic carbocycles. The second-order valence-electron chi connectivity index (χ2n) is 3.61. The number of hydrogen-bond acceptors (Lipinski definition) is 4. The fourth-order valence-electron chi connectivity index (χ4n) is 1.10. The number of imide groups is 1. The molecule has 0 aromatic rings. The molecule has 3 N–H and O–H groups in total. The third kappa shape index (κ3) is 8.65. The molecule has 17 heavy (non-hydrogen) atoms. The second kappa shape index (κ2) is 10.0. The summed E-state index contributed by atoms with van der Waals surface area (Å²) in [5, 5.41) is 7.83. The van der Waals surface area contributed by atoms with Crippen molar-refractivity contribution in [1.29, 1.82) is 0 Å². The Bertz CT molecular complexity index is 234.